The minimum Gasteiger partial charge on any atom is -0.497 e. The summed E-state index contributed by atoms with van der Waals surface area (Å²) in [6.07, 6.45) is 3.60. The Balaban J connectivity index is 1.40. The summed E-state index contributed by atoms with van der Waals surface area (Å²) < 4.78 is 5.20. The number of rotatable bonds is 12. The molecule has 232 valence electrons. The van der Waals surface area contributed by atoms with Gasteiger partial charge in [-0.25, -0.2) is 4.79 Å². The van der Waals surface area contributed by atoms with Crippen LogP contribution in [0, 0.1) is 5.92 Å². The lowest BCUT2D eigenvalue weighted by atomic mass is 9.92. The van der Waals surface area contributed by atoms with E-state index in [9.17, 15) is 19.2 Å². The Hall–Kier alpha value is -4.12. The number of amides is 5. The summed E-state index contributed by atoms with van der Waals surface area (Å²) in [6, 6.07) is 14.5. The largest absolute Gasteiger partial charge is 0.497 e. The predicted octanol–water partition coefficient (Wildman–Crippen LogP) is 1.85. The van der Waals surface area contributed by atoms with Crippen molar-refractivity contribution in [3.05, 3.63) is 65.7 Å². The average molecular weight is 593 g/mol. The van der Waals surface area contributed by atoms with Gasteiger partial charge in [0.25, 0.3) is 0 Å². The molecule has 5 amide bonds. The summed E-state index contributed by atoms with van der Waals surface area (Å²) in [5.41, 5.74) is 8.03. The molecule has 4 rings (SSSR count). The number of carbonyl (C=O) groups excluding carboxylic acids is 4. The van der Waals surface area contributed by atoms with Crippen molar-refractivity contribution in [1.82, 2.24) is 26.2 Å². The van der Waals surface area contributed by atoms with E-state index in [4.69, 9.17) is 10.5 Å². The molecule has 2 aromatic rings. The van der Waals surface area contributed by atoms with Crippen molar-refractivity contribution in [2.45, 2.75) is 76.2 Å². The normalized spacial score (nSPS) is 22.1. The van der Waals surface area contributed by atoms with Crippen LogP contribution in [0.4, 0.5) is 4.79 Å². The van der Waals surface area contributed by atoms with Gasteiger partial charge in [-0.3, -0.25) is 14.4 Å². The van der Waals surface area contributed by atoms with Crippen molar-refractivity contribution in [3.63, 3.8) is 0 Å². The minimum absolute atomic E-state index is 0.110. The molecular formula is C32H44N6O5. The number of nitrogens with one attached hydrogen (secondary N) is 4. The van der Waals surface area contributed by atoms with E-state index in [0.717, 1.165) is 16.9 Å². The number of urea groups is 1. The molecule has 2 heterocycles. The lowest BCUT2D eigenvalue weighted by Crippen LogP contribution is -2.59. The maximum atomic E-state index is 14.1. The van der Waals surface area contributed by atoms with Gasteiger partial charge in [-0.05, 0) is 61.8 Å². The highest BCUT2D eigenvalue weighted by molar-refractivity contribution is 5.94. The molecule has 6 N–H and O–H groups in total. The highest BCUT2D eigenvalue weighted by Crippen LogP contribution is 2.34. The van der Waals surface area contributed by atoms with Gasteiger partial charge in [0.1, 0.15) is 17.8 Å². The number of nitrogens with two attached hydrogens (primary N) is 1. The smallest absolute Gasteiger partial charge is 0.315 e. The topological polar surface area (TPSA) is 155 Å². The molecule has 0 spiro atoms. The zero-order chi connectivity index (χ0) is 30.8. The standard InChI is InChI=1S/C32H44N6O5/c1-3-26(33)29(39)37-28-23(20-36-32(42)35-19-22-7-5-4-6-8-22)11-12-24-13-16-27(38(24)31(28)41)30(40)34-18-17-21-9-14-25(43-2)15-10-21/h4-10,14-15,23-24,26-28H,3,11-13,16-20,33H2,1-2H3,(H,34,40)(H,37,39)(H2,35,36,42)/t23-,24+,26+,27+,28+/m1/s1. The lowest BCUT2D eigenvalue weighted by molar-refractivity contribution is -0.143. The van der Waals surface area contributed by atoms with Gasteiger partial charge >= 0.3 is 6.03 Å². The third-order valence-electron chi connectivity index (χ3n) is 8.43. The molecule has 2 saturated heterocycles. The van der Waals surface area contributed by atoms with Crippen LogP contribution in [-0.4, -0.2) is 73.0 Å². The first-order chi connectivity index (χ1) is 20.8. The lowest BCUT2D eigenvalue weighted by Gasteiger charge is -2.32. The quantitative estimate of drug-likeness (QED) is 0.253. The van der Waals surface area contributed by atoms with Crippen LogP contribution in [0.2, 0.25) is 0 Å². The molecule has 2 fully saturated rings. The highest BCUT2D eigenvalue weighted by Gasteiger charge is 2.47. The van der Waals surface area contributed by atoms with Crippen LogP contribution in [0.3, 0.4) is 0 Å². The zero-order valence-electron chi connectivity index (χ0n) is 25.0. The predicted molar refractivity (Wildman–Crippen MR) is 163 cm³/mol. The Morgan fingerprint density at radius 2 is 1.67 bits per heavy atom. The van der Waals surface area contributed by atoms with E-state index < -0.39 is 24.0 Å². The summed E-state index contributed by atoms with van der Waals surface area (Å²) in [5, 5.41) is 11.6. The SMILES string of the molecule is CC[C@H](N)C(=O)N[C@@H]1C(=O)N2[C@@H](CC[C@@H]1CNC(=O)NCc1ccccc1)CC[C@H]2C(=O)NCCc1ccc(OC)cc1. The Morgan fingerprint density at radius 1 is 0.953 bits per heavy atom. The Bertz CT molecular complexity index is 1240. The molecule has 0 bridgehead atoms. The van der Waals surface area contributed by atoms with Crippen molar-refractivity contribution < 1.29 is 23.9 Å². The fraction of sp³-hybridized carbons (Fsp3) is 0.500. The number of benzene rings is 2. The average Bonchev–Trinajstić information content (AvgIpc) is 3.42. The molecule has 0 aromatic heterocycles. The van der Waals surface area contributed by atoms with Crippen LogP contribution in [0.25, 0.3) is 0 Å². The third-order valence-corrected chi connectivity index (χ3v) is 8.43. The van der Waals surface area contributed by atoms with Gasteiger partial charge in [0, 0.05) is 31.6 Å². The zero-order valence-corrected chi connectivity index (χ0v) is 25.0. The molecule has 0 aliphatic carbocycles. The summed E-state index contributed by atoms with van der Waals surface area (Å²) in [6.45, 7) is 2.80. The monoisotopic (exact) mass is 592 g/mol. The van der Waals surface area contributed by atoms with Gasteiger partial charge in [-0.2, -0.15) is 0 Å². The second-order valence-electron chi connectivity index (χ2n) is 11.3. The number of hydrogen-bond donors (Lipinski definition) is 5. The van der Waals surface area contributed by atoms with Gasteiger partial charge < -0.3 is 36.6 Å². The van der Waals surface area contributed by atoms with E-state index in [-0.39, 0.29) is 36.3 Å². The van der Waals surface area contributed by atoms with Gasteiger partial charge in [-0.15, -0.1) is 0 Å². The molecule has 2 aromatic carbocycles. The fourth-order valence-corrected chi connectivity index (χ4v) is 5.84. The van der Waals surface area contributed by atoms with Crippen LogP contribution in [0.5, 0.6) is 5.75 Å². The van der Waals surface area contributed by atoms with Crippen LogP contribution >= 0.6 is 0 Å². The van der Waals surface area contributed by atoms with E-state index in [1.807, 2.05) is 54.6 Å². The van der Waals surface area contributed by atoms with Crippen molar-refractivity contribution in [3.8, 4) is 5.75 Å². The summed E-state index contributed by atoms with van der Waals surface area (Å²) >= 11 is 0. The van der Waals surface area contributed by atoms with Crippen LogP contribution < -0.4 is 31.7 Å². The molecule has 2 aliphatic rings. The molecule has 0 saturated carbocycles. The van der Waals surface area contributed by atoms with Crippen molar-refractivity contribution in [2.24, 2.45) is 11.7 Å². The van der Waals surface area contributed by atoms with Crippen LogP contribution in [0.1, 0.15) is 50.2 Å². The number of carbonyl (C=O) groups is 4. The molecular weight excluding hydrogens is 548 g/mol. The first-order valence-corrected chi connectivity index (χ1v) is 15.1. The summed E-state index contributed by atoms with van der Waals surface area (Å²) in [7, 11) is 1.62. The van der Waals surface area contributed by atoms with Crippen molar-refractivity contribution in [2.75, 3.05) is 20.2 Å². The first-order valence-electron chi connectivity index (χ1n) is 15.1. The van der Waals surface area contributed by atoms with E-state index in [2.05, 4.69) is 21.3 Å². The number of hydrogen-bond acceptors (Lipinski definition) is 6. The Labute approximate surface area is 253 Å². The van der Waals surface area contributed by atoms with Crippen LogP contribution in [0.15, 0.2) is 54.6 Å². The minimum atomic E-state index is -0.905. The van der Waals surface area contributed by atoms with E-state index in [1.165, 1.54) is 0 Å². The van der Waals surface area contributed by atoms with Gasteiger partial charge in [-0.1, -0.05) is 49.4 Å². The van der Waals surface area contributed by atoms with Gasteiger partial charge in [0.05, 0.1) is 13.2 Å². The van der Waals surface area contributed by atoms with Gasteiger partial charge in [0.15, 0.2) is 0 Å². The van der Waals surface area contributed by atoms with E-state index in [1.54, 1.807) is 18.9 Å². The summed E-state index contributed by atoms with van der Waals surface area (Å²) in [4.78, 5) is 54.5. The molecule has 2 aliphatic heterocycles. The third kappa shape index (κ3) is 8.47. The number of nitrogens with zero attached hydrogens (tertiary/aromatic N) is 1. The number of ether oxygens (including phenoxy) is 1. The van der Waals surface area contributed by atoms with Crippen molar-refractivity contribution >= 4 is 23.8 Å². The van der Waals surface area contributed by atoms with E-state index in [0.29, 0.717) is 51.6 Å². The number of methoxy groups -OCH3 is 1. The molecule has 5 atom stereocenters. The molecule has 43 heavy (non-hydrogen) atoms. The van der Waals surface area contributed by atoms with E-state index >= 15 is 0 Å². The van der Waals surface area contributed by atoms with Crippen molar-refractivity contribution in [1.29, 1.82) is 0 Å². The Kier molecular flexibility index (Phi) is 11.4. The highest BCUT2D eigenvalue weighted by atomic mass is 16.5. The molecule has 11 nitrogen and oxygen atoms in total. The van der Waals surface area contributed by atoms with Gasteiger partial charge in [0.2, 0.25) is 17.7 Å². The molecule has 0 unspecified atom stereocenters. The van der Waals surface area contributed by atoms with Crippen LogP contribution in [-0.2, 0) is 27.3 Å². The first kappa shape index (κ1) is 31.8. The second-order valence-corrected chi connectivity index (χ2v) is 11.3. The number of fused-ring (bicyclic) bond motifs is 1. The fourth-order valence-electron chi connectivity index (χ4n) is 5.84. The summed E-state index contributed by atoms with van der Waals surface area (Å²) in [5.74, 6) is -0.503. The maximum Gasteiger partial charge on any atom is 0.315 e. The molecule has 11 heteroatoms. The second kappa shape index (κ2) is 15.4. The maximum absolute atomic E-state index is 14.1. The molecule has 0 radical (unpaired) electrons. The Morgan fingerprint density at radius 3 is 2.37 bits per heavy atom.